The minimum Gasteiger partial charge on any atom is -0.452 e. The SMILES string of the molecule is CNc1nc2cccc(-c3cc4c(-c5cnn(C6CCC(O)CC6)c5)cnc(N)c4o3)c2s1. The first-order valence-corrected chi connectivity index (χ1v) is 11.9. The van der Waals surface area contributed by atoms with Crippen LogP contribution >= 0.6 is 11.3 Å². The van der Waals surface area contributed by atoms with Crippen LogP contribution in [-0.2, 0) is 0 Å². The normalized spacial score (nSPS) is 18.8. The van der Waals surface area contributed by atoms with Crippen LogP contribution in [0.4, 0.5) is 10.9 Å². The maximum Gasteiger partial charge on any atom is 0.183 e. The monoisotopic (exact) mass is 460 g/mol. The van der Waals surface area contributed by atoms with Gasteiger partial charge in [0, 0.05) is 41.5 Å². The zero-order valence-electron chi connectivity index (χ0n) is 18.2. The highest BCUT2D eigenvalue weighted by molar-refractivity contribution is 7.22. The lowest BCUT2D eigenvalue weighted by Gasteiger charge is -2.25. The molecular weight excluding hydrogens is 436 g/mol. The molecule has 33 heavy (non-hydrogen) atoms. The third-order valence-corrected chi connectivity index (χ3v) is 7.56. The smallest absolute Gasteiger partial charge is 0.183 e. The van der Waals surface area contributed by atoms with E-state index in [1.807, 2.05) is 42.2 Å². The molecule has 0 saturated heterocycles. The number of hydrogen-bond acceptors (Lipinski definition) is 8. The Morgan fingerprint density at radius 3 is 2.85 bits per heavy atom. The number of aromatic nitrogens is 4. The fraction of sp³-hybridized carbons (Fsp3) is 0.292. The van der Waals surface area contributed by atoms with Crippen LogP contribution < -0.4 is 11.1 Å². The summed E-state index contributed by atoms with van der Waals surface area (Å²) in [6.07, 6.45) is 9.03. The third kappa shape index (κ3) is 3.44. The number of anilines is 2. The van der Waals surface area contributed by atoms with Crippen molar-refractivity contribution >= 4 is 43.5 Å². The Morgan fingerprint density at radius 1 is 1.18 bits per heavy atom. The number of thiazole rings is 1. The largest absolute Gasteiger partial charge is 0.452 e. The molecule has 1 aromatic carbocycles. The summed E-state index contributed by atoms with van der Waals surface area (Å²) >= 11 is 1.59. The van der Waals surface area contributed by atoms with Crippen molar-refractivity contribution in [3.05, 3.63) is 42.9 Å². The van der Waals surface area contributed by atoms with E-state index in [0.717, 1.165) is 68.9 Å². The van der Waals surface area contributed by atoms with Crippen molar-refractivity contribution in [1.82, 2.24) is 19.7 Å². The zero-order chi connectivity index (χ0) is 22.5. The number of aliphatic hydroxyl groups excluding tert-OH is 1. The van der Waals surface area contributed by atoms with Crippen molar-refractivity contribution in [2.75, 3.05) is 18.1 Å². The number of pyridine rings is 1. The van der Waals surface area contributed by atoms with Crippen molar-refractivity contribution in [2.45, 2.75) is 37.8 Å². The highest BCUT2D eigenvalue weighted by atomic mass is 32.1. The summed E-state index contributed by atoms with van der Waals surface area (Å²) < 4.78 is 9.32. The summed E-state index contributed by atoms with van der Waals surface area (Å²) in [4.78, 5) is 9.00. The van der Waals surface area contributed by atoms with Crippen LogP contribution in [0.3, 0.4) is 0 Å². The molecular formula is C24H24N6O2S. The molecule has 0 bridgehead atoms. The predicted octanol–water partition coefficient (Wildman–Crippen LogP) is 5.07. The number of rotatable bonds is 4. The van der Waals surface area contributed by atoms with Gasteiger partial charge >= 0.3 is 0 Å². The van der Waals surface area contributed by atoms with Crippen LogP contribution in [0.1, 0.15) is 31.7 Å². The lowest BCUT2D eigenvalue weighted by molar-refractivity contribution is 0.108. The number of furan rings is 1. The van der Waals surface area contributed by atoms with Gasteiger partial charge in [-0.3, -0.25) is 4.68 Å². The van der Waals surface area contributed by atoms with Crippen molar-refractivity contribution in [3.63, 3.8) is 0 Å². The minimum absolute atomic E-state index is 0.186. The minimum atomic E-state index is -0.186. The highest BCUT2D eigenvalue weighted by Gasteiger charge is 2.23. The highest BCUT2D eigenvalue weighted by Crippen LogP contribution is 2.41. The summed E-state index contributed by atoms with van der Waals surface area (Å²) in [7, 11) is 1.87. The van der Waals surface area contributed by atoms with Gasteiger partial charge < -0.3 is 20.6 Å². The maximum atomic E-state index is 9.81. The van der Waals surface area contributed by atoms with Gasteiger partial charge in [-0.25, -0.2) is 9.97 Å². The molecule has 1 aliphatic rings. The molecule has 4 heterocycles. The van der Waals surface area contributed by atoms with Crippen molar-refractivity contribution in [3.8, 4) is 22.5 Å². The summed E-state index contributed by atoms with van der Waals surface area (Å²) in [5.74, 6) is 1.09. The molecule has 1 saturated carbocycles. The van der Waals surface area contributed by atoms with E-state index in [1.165, 1.54) is 0 Å². The number of hydrogen-bond donors (Lipinski definition) is 3. The molecule has 9 heteroatoms. The predicted molar refractivity (Wildman–Crippen MR) is 131 cm³/mol. The first kappa shape index (κ1) is 20.2. The Hall–Kier alpha value is -3.43. The van der Waals surface area contributed by atoms with E-state index in [2.05, 4.69) is 26.6 Å². The lowest BCUT2D eigenvalue weighted by atomic mass is 9.93. The summed E-state index contributed by atoms with van der Waals surface area (Å²) in [6, 6.07) is 8.36. The van der Waals surface area contributed by atoms with Gasteiger partial charge in [-0.2, -0.15) is 5.10 Å². The molecule has 5 aromatic rings. The third-order valence-electron chi connectivity index (χ3n) is 6.43. The molecule has 0 unspecified atom stereocenters. The van der Waals surface area contributed by atoms with E-state index in [4.69, 9.17) is 10.2 Å². The molecule has 4 aromatic heterocycles. The Kier molecular flexibility index (Phi) is 4.81. The maximum absolute atomic E-state index is 9.81. The second kappa shape index (κ2) is 7.86. The molecule has 1 aliphatic carbocycles. The molecule has 168 valence electrons. The van der Waals surface area contributed by atoms with Crippen molar-refractivity contribution in [1.29, 1.82) is 0 Å². The van der Waals surface area contributed by atoms with Crippen LogP contribution in [0, 0.1) is 0 Å². The fourth-order valence-corrected chi connectivity index (χ4v) is 5.59. The van der Waals surface area contributed by atoms with E-state index >= 15 is 0 Å². The van der Waals surface area contributed by atoms with Gasteiger partial charge in [-0.05, 0) is 43.9 Å². The number of nitrogens with one attached hydrogen (secondary N) is 1. The van der Waals surface area contributed by atoms with E-state index in [-0.39, 0.29) is 6.10 Å². The average molecular weight is 461 g/mol. The van der Waals surface area contributed by atoms with Crippen LogP contribution in [0.5, 0.6) is 0 Å². The van der Waals surface area contributed by atoms with Crippen molar-refractivity contribution < 1.29 is 9.52 Å². The molecule has 6 rings (SSSR count). The number of fused-ring (bicyclic) bond motifs is 2. The number of aliphatic hydroxyl groups is 1. The Morgan fingerprint density at radius 2 is 2.03 bits per heavy atom. The molecule has 0 amide bonds. The number of nitrogen functional groups attached to an aromatic ring is 1. The first-order valence-electron chi connectivity index (χ1n) is 11.1. The number of nitrogens with zero attached hydrogens (tertiary/aromatic N) is 4. The Labute approximate surface area is 194 Å². The van der Waals surface area contributed by atoms with Gasteiger partial charge in [-0.15, -0.1) is 0 Å². The quantitative estimate of drug-likeness (QED) is 0.343. The van der Waals surface area contributed by atoms with E-state index in [9.17, 15) is 5.11 Å². The Bertz CT molecular complexity index is 1460. The topological polar surface area (TPSA) is 115 Å². The van der Waals surface area contributed by atoms with Crippen LogP contribution in [-0.4, -0.2) is 38.0 Å². The fourth-order valence-electron chi connectivity index (χ4n) is 4.66. The molecule has 1 fully saturated rings. The van der Waals surface area contributed by atoms with Gasteiger partial charge in [0.2, 0.25) is 0 Å². The second-order valence-corrected chi connectivity index (χ2v) is 9.50. The number of nitrogens with two attached hydrogens (primary N) is 1. The summed E-state index contributed by atoms with van der Waals surface area (Å²) in [5.41, 5.74) is 10.6. The summed E-state index contributed by atoms with van der Waals surface area (Å²) in [6.45, 7) is 0. The van der Waals surface area contributed by atoms with Crippen LogP contribution in [0.25, 0.3) is 43.6 Å². The molecule has 0 aliphatic heterocycles. The van der Waals surface area contributed by atoms with Gasteiger partial charge in [-0.1, -0.05) is 17.4 Å². The zero-order valence-corrected chi connectivity index (χ0v) is 19.0. The average Bonchev–Trinajstić information content (AvgIpc) is 3.57. The molecule has 0 atom stereocenters. The van der Waals surface area contributed by atoms with Gasteiger partial charge in [0.05, 0.1) is 28.6 Å². The molecule has 0 spiro atoms. The van der Waals surface area contributed by atoms with Crippen LogP contribution in [0.15, 0.2) is 47.3 Å². The van der Waals surface area contributed by atoms with E-state index < -0.39 is 0 Å². The summed E-state index contributed by atoms with van der Waals surface area (Å²) in [5, 5.41) is 19.3. The molecule has 4 N–H and O–H groups in total. The second-order valence-electron chi connectivity index (χ2n) is 8.50. The van der Waals surface area contributed by atoms with Crippen LogP contribution in [0.2, 0.25) is 0 Å². The van der Waals surface area contributed by atoms with Gasteiger partial charge in [0.15, 0.2) is 16.5 Å². The Balaban J connectivity index is 1.43. The van der Waals surface area contributed by atoms with Gasteiger partial charge in [0.1, 0.15) is 5.76 Å². The van der Waals surface area contributed by atoms with E-state index in [0.29, 0.717) is 17.4 Å². The first-order chi connectivity index (χ1) is 16.1. The lowest BCUT2D eigenvalue weighted by Crippen LogP contribution is -2.21. The molecule has 0 radical (unpaired) electrons. The molecule has 8 nitrogen and oxygen atoms in total. The van der Waals surface area contributed by atoms with Crippen molar-refractivity contribution in [2.24, 2.45) is 0 Å². The van der Waals surface area contributed by atoms with E-state index in [1.54, 1.807) is 17.5 Å². The van der Waals surface area contributed by atoms with Gasteiger partial charge in [0.25, 0.3) is 0 Å². The standard InChI is InChI=1S/C24H24N6O2S/c1-26-24-29-19-4-2-3-16(22(19)33-24)20-9-17-18(11-27-23(25)21(17)32-20)13-10-28-30(12-13)14-5-7-15(31)8-6-14/h2-4,9-12,14-15,31H,5-8H2,1H3,(H2,25,27)(H,26,29). The number of benzene rings is 1.